The van der Waals surface area contributed by atoms with E-state index in [0.29, 0.717) is 67.9 Å². The molecule has 40 heavy (non-hydrogen) atoms. The second kappa shape index (κ2) is 10.9. The number of para-hydroxylation sites is 1. The maximum Gasteiger partial charge on any atom is 0.339 e. The topological polar surface area (TPSA) is 112 Å². The number of nitrogens with zero attached hydrogens (tertiary/aromatic N) is 3. The first kappa shape index (κ1) is 25.7. The molecule has 3 aromatic carbocycles. The third kappa shape index (κ3) is 4.49. The van der Waals surface area contributed by atoms with E-state index in [2.05, 4.69) is 10.2 Å². The number of esters is 1. The van der Waals surface area contributed by atoms with Gasteiger partial charge in [0, 0.05) is 23.1 Å². The van der Waals surface area contributed by atoms with Crippen LogP contribution in [0.2, 0.25) is 0 Å². The smallest absolute Gasteiger partial charge is 0.339 e. The second-order valence-electron chi connectivity index (χ2n) is 8.67. The summed E-state index contributed by atoms with van der Waals surface area (Å²) >= 11 is 1.40. The molecule has 6 rings (SSSR count). The Bertz CT molecular complexity index is 1570. The molecular formula is C28H25N3O8S. The van der Waals surface area contributed by atoms with Crippen LogP contribution in [0, 0.1) is 0 Å². The average Bonchev–Trinajstić information content (AvgIpc) is 3.72. The Labute approximate surface area is 233 Å². The number of rotatable bonds is 10. The predicted molar refractivity (Wildman–Crippen MR) is 143 cm³/mol. The number of thioether (sulfide) groups is 1. The third-order valence-electron chi connectivity index (χ3n) is 6.50. The van der Waals surface area contributed by atoms with Gasteiger partial charge in [-0.1, -0.05) is 30.0 Å². The molecule has 0 fully saturated rings. The van der Waals surface area contributed by atoms with Gasteiger partial charge in [0.05, 0.1) is 32.5 Å². The quantitative estimate of drug-likeness (QED) is 0.200. The third-order valence-corrected chi connectivity index (χ3v) is 7.46. The van der Waals surface area contributed by atoms with E-state index in [0.717, 1.165) is 5.69 Å². The van der Waals surface area contributed by atoms with Gasteiger partial charge < -0.3 is 33.2 Å². The monoisotopic (exact) mass is 563 g/mol. The van der Waals surface area contributed by atoms with Crippen LogP contribution in [0.4, 0.5) is 0 Å². The minimum absolute atomic E-state index is 0.0942. The summed E-state index contributed by atoms with van der Waals surface area (Å²) in [6.07, 6.45) is 0. The zero-order chi connectivity index (χ0) is 27.6. The molecule has 2 aliphatic rings. The van der Waals surface area contributed by atoms with Gasteiger partial charge in [0.15, 0.2) is 34.0 Å². The molecule has 0 bridgehead atoms. The van der Waals surface area contributed by atoms with Gasteiger partial charge in [0.1, 0.15) is 19.0 Å². The van der Waals surface area contributed by atoms with Crippen LogP contribution in [0.1, 0.15) is 27.3 Å². The van der Waals surface area contributed by atoms with Crippen LogP contribution in [0.5, 0.6) is 34.5 Å². The van der Waals surface area contributed by atoms with E-state index in [4.69, 9.17) is 33.2 Å². The van der Waals surface area contributed by atoms with Crippen LogP contribution in [-0.4, -0.2) is 48.9 Å². The number of ether oxygens (including phenoxy) is 7. The standard InChI is InChI=1S/C28H25N3O8S/c1-33-24-18-12-37-27(32)23(18)19(25(34-2)26(24)35-3)14-40-28-30-29-22(31(28)16-7-5-4-6-8-16)13-36-17-9-10-20-21(11-17)39-15-38-20/h4-11H,12-15H2,1-3H3. The van der Waals surface area contributed by atoms with Gasteiger partial charge in [-0.05, 0) is 24.3 Å². The van der Waals surface area contributed by atoms with Crippen LogP contribution in [-0.2, 0) is 23.7 Å². The van der Waals surface area contributed by atoms with Gasteiger partial charge in [0.25, 0.3) is 0 Å². The zero-order valence-corrected chi connectivity index (χ0v) is 22.8. The van der Waals surface area contributed by atoms with Crippen molar-refractivity contribution in [3.8, 4) is 40.2 Å². The van der Waals surface area contributed by atoms with Crippen LogP contribution >= 0.6 is 11.8 Å². The maximum absolute atomic E-state index is 12.8. The van der Waals surface area contributed by atoms with Gasteiger partial charge in [-0.25, -0.2) is 4.79 Å². The van der Waals surface area contributed by atoms with Crippen molar-refractivity contribution in [2.45, 2.75) is 24.1 Å². The molecule has 0 radical (unpaired) electrons. The first-order valence-electron chi connectivity index (χ1n) is 12.3. The Kier molecular flexibility index (Phi) is 6.99. The SMILES string of the molecule is COc1c2c(c(CSc3nnc(COc4ccc5c(c4)OCO5)n3-c3ccccc3)c(OC)c1OC)C(=O)OC2. The minimum Gasteiger partial charge on any atom is -0.492 e. The molecule has 2 aliphatic heterocycles. The molecule has 0 N–H and O–H groups in total. The molecule has 0 atom stereocenters. The number of cyclic esters (lactones) is 1. The zero-order valence-electron chi connectivity index (χ0n) is 22.0. The molecule has 0 aliphatic carbocycles. The highest BCUT2D eigenvalue weighted by atomic mass is 32.2. The maximum atomic E-state index is 12.8. The molecular weight excluding hydrogens is 538 g/mol. The highest BCUT2D eigenvalue weighted by Crippen LogP contribution is 2.49. The van der Waals surface area contributed by atoms with E-state index in [1.807, 2.05) is 41.0 Å². The predicted octanol–water partition coefficient (Wildman–Crippen LogP) is 4.56. The fraction of sp³-hybridized carbons (Fsp3) is 0.250. The summed E-state index contributed by atoms with van der Waals surface area (Å²) in [5.41, 5.74) is 2.54. The molecule has 12 heteroatoms. The molecule has 0 saturated carbocycles. The molecule has 3 heterocycles. The van der Waals surface area contributed by atoms with Crippen molar-refractivity contribution < 1.29 is 38.0 Å². The number of hydrogen-bond acceptors (Lipinski definition) is 11. The van der Waals surface area contributed by atoms with Crippen molar-refractivity contribution in [1.82, 2.24) is 14.8 Å². The molecule has 1 aromatic heterocycles. The van der Waals surface area contributed by atoms with Crippen molar-refractivity contribution in [2.75, 3.05) is 28.1 Å². The Morgan fingerprint density at radius 2 is 1.68 bits per heavy atom. The van der Waals surface area contributed by atoms with Crippen molar-refractivity contribution in [1.29, 1.82) is 0 Å². The number of methoxy groups -OCH3 is 3. The minimum atomic E-state index is -0.438. The number of aromatic nitrogens is 3. The van der Waals surface area contributed by atoms with E-state index in [1.165, 1.54) is 33.1 Å². The highest BCUT2D eigenvalue weighted by Gasteiger charge is 2.35. The summed E-state index contributed by atoms with van der Waals surface area (Å²) in [7, 11) is 4.57. The summed E-state index contributed by atoms with van der Waals surface area (Å²) in [4.78, 5) is 12.8. The molecule has 0 amide bonds. The number of carbonyl (C=O) groups is 1. The average molecular weight is 564 g/mol. The lowest BCUT2D eigenvalue weighted by Gasteiger charge is -2.19. The van der Waals surface area contributed by atoms with Gasteiger partial charge >= 0.3 is 5.97 Å². The number of fused-ring (bicyclic) bond motifs is 2. The second-order valence-corrected chi connectivity index (χ2v) is 9.61. The molecule has 11 nitrogen and oxygen atoms in total. The molecule has 4 aromatic rings. The van der Waals surface area contributed by atoms with E-state index in [-0.39, 0.29) is 20.0 Å². The number of benzene rings is 3. The Morgan fingerprint density at radius 3 is 2.45 bits per heavy atom. The fourth-order valence-corrected chi connectivity index (χ4v) is 5.70. The van der Waals surface area contributed by atoms with Gasteiger partial charge in [0.2, 0.25) is 12.5 Å². The first-order chi connectivity index (χ1) is 19.6. The van der Waals surface area contributed by atoms with E-state index in [9.17, 15) is 4.79 Å². The van der Waals surface area contributed by atoms with Gasteiger partial charge in [-0.2, -0.15) is 0 Å². The first-order valence-corrected chi connectivity index (χ1v) is 13.3. The van der Waals surface area contributed by atoms with E-state index < -0.39 is 5.97 Å². The van der Waals surface area contributed by atoms with E-state index >= 15 is 0 Å². The number of hydrogen-bond donors (Lipinski definition) is 0. The van der Waals surface area contributed by atoms with Crippen molar-refractivity contribution in [2.24, 2.45) is 0 Å². The lowest BCUT2D eigenvalue weighted by molar-refractivity contribution is 0.0533. The van der Waals surface area contributed by atoms with Crippen molar-refractivity contribution in [3.05, 3.63) is 71.0 Å². The summed E-state index contributed by atoms with van der Waals surface area (Å²) in [5.74, 6) is 3.64. The number of carbonyl (C=O) groups excluding carboxylic acids is 1. The van der Waals surface area contributed by atoms with Crippen molar-refractivity contribution in [3.63, 3.8) is 0 Å². The Balaban J connectivity index is 1.33. The fourth-order valence-electron chi connectivity index (χ4n) is 4.71. The van der Waals surface area contributed by atoms with Crippen LogP contribution in [0.3, 0.4) is 0 Å². The highest BCUT2D eigenvalue weighted by molar-refractivity contribution is 7.98. The summed E-state index contributed by atoms with van der Waals surface area (Å²) in [6.45, 7) is 0.438. The molecule has 0 spiro atoms. The van der Waals surface area contributed by atoms with Crippen LogP contribution in [0.25, 0.3) is 5.69 Å². The van der Waals surface area contributed by atoms with Crippen molar-refractivity contribution >= 4 is 17.7 Å². The summed E-state index contributed by atoms with van der Waals surface area (Å²) < 4.78 is 41.0. The normalized spacial score (nSPS) is 13.1. The molecule has 206 valence electrons. The molecule has 0 unspecified atom stereocenters. The Morgan fingerprint density at radius 1 is 0.900 bits per heavy atom. The summed E-state index contributed by atoms with van der Waals surface area (Å²) in [6, 6.07) is 15.1. The summed E-state index contributed by atoms with van der Waals surface area (Å²) in [5, 5.41) is 9.49. The van der Waals surface area contributed by atoms with Gasteiger partial charge in [-0.15, -0.1) is 10.2 Å². The van der Waals surface area contributed by atoms with Gasteiger partial charge in [-0.3, -0.25) is 4.57 Å². The lowest BCUT2D eigenvalue weighted by atomic mass is 10.0. The van der Waals surface area contributed by atoms with E-state index in [1.54, 1.807) is 12.1 Å². The van der Waals surface area contributed by atoms with Crippen LogP contribution in [0.15, 0.2) is 53.7 Å². The molecule has 0 saturated heterocycles. The largest absolute Gasteiger partial charge is 0.492 e. The lowest BCUT2D eigenvalue weighted by Crippen LogP contribution is -2.08. The Hall–Kier alpha value is -4.58. The van der Waals surface area contributed by atoms with Crippen LogP contribution < -0.4 is 28.4 Å².